The second-order valence-electron chi connectivity index (χ2n) is 0.859. The maximum absolute atomic E-state index is 10.8. The van der Waals surface area contributed by atoms with Gasteiger partial charge in [0, 0.05) is 13.2 Å². The maximum atomic E-state index is 10.8. The van der Waals surface area contributed by atoms with Crippen LogP contribution >= 0.6 is 0 Å². The van der Waals surface area contributed by atoms with Crippen molar-refractivity contribution in [2.24, 2.45) is 0 Å². The molecule has 1 heteroatoms. The lowest BCUT2D eigenvalue weighted by Crippen LogP contribution is -1.84. The van der Waals surface area contributed by atoms with Gasteiger partial charge >= 0.3 is 0 Å². The molecule has 1 nitrogen and oxygen atoms in total. The van der Waals surface area contributed by atoms with Gasteiger partial charge in [-0.25, -0.2) is 0 Å². The summed E-state index contributed by atoms with van der Waals surface area (Å²) < 4.78 is 33.9. The highest BCUT2D eigenvalue weighted by atomic mass is 16.1. The summed E-state index contributed by atoms with van der Waals surface area (Å²) in [6.07, 6.45) is -2.32. The highest BCUT2D eigenvalue weighted by Crippen LogP contribution is 1.84. The van der Waals surface area contributed by atoms with Crippen LogP contribution in [0.5, 0.6) is 0 Å². The average Bonchev–Trinajstić information content (AvgIpc) is 1.84. The molecule has 36 valence electrons. The van der Waals surface area contributed by atoms with Gasteiger partial charge in [-0.3, -0.25) is 0 Å². The molecule has 0 radical (unpaired) electrons. The van der Waals surface area contributed by atoms with Crippen molar-refractivity contribution in [2.75, 3.05) is 0 Å². The highest BCUT2D eigenvalue weighted by Gasteiger charge is 1.83. The summed E-state index contributed by atoms with van der Waals surface area (Å²) in [5.74, 6) is -1.31. The number of rotatable bonds is 2. The van der Waals surface area contributed by atoms with Crippen molar-refractivity contribution in [1.82, 2.24) is 0 Å². The Kier molecular flexibility index (Phi) is 0.636. The molecular formula is C5H10O. The molecule has 0 aliphatic rings. The van der Waals surface area contributed by atoms with E-state index in [1.165, 1.54) is 6.92 Å². The number of hydrogen-bond donors (Lipinski definition) is 0. The average molecular weight is 91.2 g/mol. The van der Waals surface area contributed by atoms with Crippen LogP contribution in [0.4, 0.5) is 0 Å². The normalized spacial score (nSPS) is 25.2. The second-order valence-corrected chi connectivity index (χ2v) is 0.859. The van der Waals surface area contributed by atoms with Crippen LogP contribution < -0.4 is 0 Å². The van der Waals surface area contributed by atoms with E-state index in [1.54, 1.807) is 0 Å². The van der Waals surface area contributed by atoms with Crippen LogP contribution in [0.15, 0.2) is 0 Å². The molecule has 0 N–H and O–H groups in total. The molecule has 0 aromatic rings. The first kappa shape index (κ1) is 1.32. The van der Waals surface area contributed by atoms with Crippen LogP contribution in [0.1, 0.15) is 33.4 Å². The fourth-order valence-electron chi connectivity index (χ4n) is 0.161. The molecule has 0 amide bonds. The predicted octanol–water partition coefficient (Wildman–Crippen LogP) is 1.38. The molecule has 0 atom stereocenters. The van der Waals surface area contributed by atoms with Crippen LogP contribution in [0.2, 0.25) is 0 Å². The Labute approximate surface area is 45.4 Å². The number of ketones is 1. The summed E-state index contributed by atoms with van der Waals surface area (Å²) in [4.78, 5) is 10.8. The molecule has 6 heavy (non-hydrogen) atoms. The van der Waals surface area contributed by atoms with E-state index in [9.17, 15) is 4.79 Å². The highest BCUT2D eigenvalue weighted by molar-refractivity contribution is 5.75. The molecule has 0 spiro atoms. The van der Waals surface area contributed by atoms with Crippen molar-refractivity contribution in [2.45, 2.75) is 26.6 Å². The molecule has 0 fully saturated rings. The number of carbonyl (C=O) groups excluding carboxylic acids is 1. The van der Waals surface area contributed by atoms with Gasteiger partial charge in [0.15, 0.2) is 0 Å². The van der Waals surface area contributed by atoms with Crippen molar-refractivity contribution in [3.8, 4) is 0 Å². The van der Waals surface area contributed by atoms with E-state index < -0.39 is 19.0 Å². The Hall–Kier alpha value is -0.330. The van der Waals surface area contributed by atoms with E-state index in [0.717, 1.165) is 0 Å². The second kappa shape index (κ2) is 2.88. The molecule has 0 rings (SSSR count). The van der Waals surface area contributed by atoms with Gasteiger partial charge in [0.25, 0.3) is 0 Å². The van der Waals surface area contributed by atoms with Crippen LogP contribution in [0, 0.1) is 0 Å². The molecule has 0 aliphatic carbocycles. The molecular weight excluding hydrogens is 76.1 g/mol. The first-order valence-electron chi connectivity index (χ1n) is 4.26. The van der Waals surface area contributed by atoms with Gasteiger partial charge in [-0.2, -0.15) is 0 Å². The third kappa shape index (κ3) is 3.67. The van der Waals surface area contributed by atoms with Gasteiger partial charge in [-0.15, -0.1) is 0 Å². The predicted molar refractivity (Wildman–Crippen MR) is 25.6 cm³/mol. The summed E-state index contributed by atoms with van der Waals surface area (Å²) in [7, 11) is 0. The quantitative estimate of drug-likeness (QED) is 0.501. The van der Waals surface area contributed by atoms with Crippen molar-refractivity contribution in [3.05, 3.63) is 0 Å². The largest absolute Gasteiger partial charge is 0.300 e. The molecule has 0 saturated carbocycles. The maximum Gasteiger partial charge on any atom is 0.129 e. The minimum Gasteiger partial charge on any atom is -0.300 e. The molecule has 0 aliphatic heterocycles. The van der Waals surface area contributed by atoms with E-state index in [4.69, 9.17) is 6.85 Å². The lowest BCUT2D eigenvalue weighted by Gasteiger charge is -1.80. The first-order valence-corrected chi connectivity index (χ1v) is 1.76. The van der Waals surface area contributed by atoms with Crippen molar-refractivity contribution < 1.29 is 11.6 Å². The van der Waals surface area contributed by atoms with Crippen LogP contribution in [0.3, 0.4) is 0 Å². The van der Waals surface area contributed by atoms with Crippen molar-refractivity contribution >= 4 is 5.78 Å². The summed E-state index contributed by atoms with van der Waals surface area (Å²) in [6, 6.07) is 0. The van der Waals surface area contributed by atoms with Crippen molar-refractivity contribution in [3.63, 3.8) is 0 Å². The zero-order valence-electron chi connectivity index (χ0n) is 8.62. The first-order chi connectivity index (χ1) is 4.72. The molecule has 0 aromatic heterocycles. The van der Waals surface area contributed by atoms with E-state index in [-0.39, 0.29) is 6.42 Å². The Morgan fingerprint density at radius 1 is 2.17 bits per heavy atom. The Morgan fingerprint density at radius 3 is 3.00 bits per heavy atom. The molecule has 0 saturated heterocycles. The van der Waals surface area contributed by atoms with Crippen molar-refractivity contribution in [1.29, 1.82) is 0 Å². The van der Waals surface area contributed by atoms with Crippen LogP contribution in [0.25, 0.3) is 0 Å². The topological polar surface area (TPSA) is 17.1 Å². The number of hydrogen-bond acceptors (Lipinski definition) is 1. The smallest absolute Gasteiger partial charge is 0.129 e. The third-order valence-electron chi connectivity index (χ3n) is 0.337. The van der Waals surface area contributed by atoms with E-state index >= 15 is 0 Å². The van der Waals surface area contributed by atoms with Gasteiger partial charge in [-0.1, -0.05) is 6.92 Å². The summed E-state index contributed by atoms with van der Waals surface area (Å²) in [5, 5.41) is 0. The van der Waals surface area contributed by atoms with Gasteiger partial charge in [0.1, 0.15) is 5.78 Å². The van der Waals surface area contributed by atoms with E-state index in [1.807, 2.05) is 0 Å². The standard InChI is InChI=1S/C5H10O/c1-3-4-5(2)6/h3-4H2,1-2H3/i2D3,4D2. The van der Waals surface area contributed by atoms with Gasteiger partial charge < -0.3 is 4.79 Å². The lowest BCUT2D eigenvalue weighted by molar-refractivity contribution is -0.117. The minimum absolute atomic E-state index is 0.107. The fourth-order valence-corrected chi connectivity index (χ4v) is 0.161. The SMILES string of the molecule is [2H]C([2H])([2H])C(=O)C([2H])([2H])CC. The monoisotopic (exact) mass is 91.1 g/mol. The molecule has 0 unspecified atom stereocenters. The molecule has 0 bridgehead atoms. The molecule has 0 heterocycles. The van der Waals surface area contributed by atoms with E-state index in [0.29, 0.717) is 0 Å². The Morgan fingerprint density at radius 2 is 2.83 bits per heavy atom. The zero-order valence-corrected chi connectivity index (χ0v) is 3.62. The summed E-state index contributed by atoms with van der Waals surface area (Å²) >= 11 is 0. The van der Waals surface area contributed by atoms with Gasteiger partial charge in [-0.05, 0) is 13.3 Å². The zero-order chi connectivity index (χ0) is 9.28. The Balaban J connectivity index is 4.50. The number of carbonyl (C=O) groups is 1. The van der Waals surface area contributed by atoms with Crippen LogP contribution in [-0.2, 0) is 4.79 Å². The minimum atomic E-state index is -2.82. The van der Waals surface area contributed by atoms with Gasteiger partial charge in [0.05, 0.1) is 0 Å². The molecule has 0 aromatic carbocycles. The summed E-state index contributed by atoms with van der Waals surface area (Å²) in [5.41, 5.74) is 0. The van der Waals surface area contributed by atoms with E-state index in [2.05, 4.69) is 0 Å². The summed E-state index contributed by atoms with van der Waals surface area (Å²) in [6.45, 7) is -1.39. The number of Topliss-reactive ketones (excluding diaryl/α,β-unsaturated/α-hetero) is 1. The van der Waals surface area contributed by atoms with Crippen LogP contribution in [-0.4, -0.2) is 5.78 Å². The van der Waals surface area contributed by atoms with Gasteiger partial charge in [0.2, 0.25) is 0 Å². The fraction of sp³-hybridized carbons (Fsp3) is 0.800. The Bertz CT molecular complexity index is 159. The third-order valence-corrected chi connectivity index (χ3v) is 0.337. The lowest BCUT2D eigenvalue weighted by atomic mass is 10.3.